The van der Waals surface area contributed by atoms with Gasteiger partial charge >= 0.3 is 0 Å². The maximum Gasteiger partial charge on any atom is 0.271 e. The van der Waals surface area contributed by atoms with Crippen LogP contribution >= 0.6 is 15.9 Å². The Morgan fingerprint density at radius 3 is 2.58 bits per heavy atom. The zero-order chi connectivity index (χ0) is 17.2. The topological polar surface area (TPSA) is 73.6 Å². The van der Waals surface area contributed by atoms with Gasteiger partial charge in [0.2, 0.25) is 5.78 Å². The summed E-state index contributed by atoms with van der Waals surface area (Å²) in [6.45, 7) is -0.587. The molecule has 0 N–H and O–H groups in total. The second kappa shape index (κ2) is 6.88. The third-order valence-electron chi connectivity index (χ3n) is 3.31. The monoisotopic (exact) mass is 408 g/mol. The molecule has 0 fully saturated rings. The number of rotatable bonds is 6. The Morgan fingerprint density at radius 2 is 1.83 bits per heavy atom. The zero-order valence-corrected chi connectivity index (χ0v) is 14.8. The molecule has 1 aromatic heterocycles. The van der Waals surface area contributed by atoms with E-state index < -0.39 is 22.5 Å². The number of benzene rings is 2. The maximum absolute atomic E-state index is 12.1. The summed E-state index contributed by atoms with van der Waals surface area (Å²) in [5.74, 6) is -0.745. The highest BCUT2D eigenvalue weighted by Gasteiger charge is 2.18. The van der Waals surface area contributed by atoms with E-state index in [1.165, 1.54) is 0 Å². The van der Waals surface area contributed by atoms with Crippen molar-refractivity contribution in [1.29, 1.82) is 0 Å². The lowest BCUT2D eigenvalue weighted by Gasteiger charge is -2.04. The number of carbonyl (C=O) groups is 1. The van der Waals surface area contributed by atoms with E-state index in [1.54, 1.807) is 48.5 Å². The number of fused-ring (bicyclic) bond motifs is 1. The van der Waals surface area contributed by atoms with Gasteiger partial charge in [-0.15, -0.1) is 0 Å². The molecule has 0 spiro atoms. The molecule has 3 aromatic rings. The summed E-state index contributed by atoms with van der Waals surface area (Å²) < 4.78 is 35.0. The summed E-state index contributed by atoms with van der Waals surface area (Å²) in [5.41, 5.74) is 1.15. The van der Waals surface area contributed by atoms with Gasteiger partial charge in [-0.3, -0.25) is 8.98 Å². The van der Waals surface area contributed by atoms with E-state index in [1.807, 2.05) is 6.07 Å². The Morgan fingerprint density at radius 1 is 1.08 bits per heavy atom. The molecule has 124 valence electrons. The summed E-state index contributed by atoms with van der Waals surface area (Å²) in [5, 5.41) is 0.750. The number of ketones is 1. The molecule has 1 heterocycles. The highest BCUT2D eigenvalue weighted by atomic mass is 79.9. The number of furan rings is 1. The molecule has 0 atom stereocenters. The van der Waals surface area contributed by atoms with Gasteiger partial charge in [0.05, 0.1) is 0 Å². The molecule has 0 radical (unpaired) electrons. The third kappa shape index (κ3) is 4.11. The summed E-state index contributed by atoms with van der Waals surface area (Å²) >= 11 is 3.34. The molecule has 24 heavy (non-hydrogen) atoms. The second-order valence-corrected chi connectivity index (χ2v) is 7.72. The van der Waals surface area contributed by atoms with E-state index in [4.69, 9.17) is 8.60 Å². The Bertz CT molecular complexity index is 977. The average molecular weight is 409 g/mol. The molecule has 7 heteroatoms. The molecule has 0 unspecified atom stereocenters. The Hall–Kier alpha value is -1.96. The van der Waals surface area contributed by atoms with Crippen molar-refractivity contribution in [2.45, 2.75) is 5.75 Å². The Kier molecular flexibility index (Phi) is 4.84. The van der Waals surface area contributed by atoms with Crippen molar-refractivity contribution in [2.24, 2.45) is 0 Å². The van der Waals surface area contributed by atoms with Crippen molar-refractivity contribution in [2.75, 3.05) is 6.61 Å². The van der Waals surface area contributed by atoms with Crippen molar-refractivity contribution in [3.05, 3.63) is 70.4 Å². The fraction of sp³-hybridized carbons (Fsp3) is 0.118. The molecule has 0 aliphatic heterocycles. The predicted octanol–water partition coefficient (Wildman–Crippen LogP) is 3.92. The SMILES string of the molecule is O=C(COS(=O)(=O)Cc1ccccc1)c1cc2cc(Br)ccc2o1. The van der Waals surface area contributed by atoms with E-state index in [-0.39, 0.29) is 11.5 Å². The first-order valence-corrected chi connectivity index (χ1v) is 9.43. The van der Waals surface area contributed by atoms with Gasteiger partial charge in [-0.1, -0.05) is 46.3 Å². The van der Waals surface area contributed by atoms with Crippen molar-refractivity contribution in [1.82, 2.24) is 0 Å². The van der Waals surface area contributed by atoms with Gasteiger partial charge in [-0.2, -0.15) is 8.42 Å². The molecule has 5 nitrogen and oxygen atoms in total. The molecule has 0 bridgehead atoms. The lowest BCUT2D eigenvalue weighted by Crippen LogP contribution is -2.15. The van der Waals surface area contributed by atoms with E-state index in [2.05, 4.69) is 15.9 Å². The second-order valence-electron chi connectivity index (χ2n) is 5.17. The summed E-state index contributed by atoms with van der Waals surface area (Å²) in [4.78, 5) is 12.1. The largest absolute Gasteiger partial charge is 0.453 e. The molecule has 0 saturated carbocycles. The van der Waals surface area contributed by atoms with Crippen molar-refractivity contribution >= 4 is 42.8 Å². The van der Waals surface area contributed by atoms with E-state index in [0.29, 0.717) is 11.1 Å². The maximum atomic E-state index is 12.1. The molecular formula is C17H13BrO5S. The smallest absolute Gasteiger partial charge is 0.271 e. The molecular weight excluding hydrogens is 396 g/mol. The number of carbonyl (C=O) groups excluding carboxylic acids is 1. The normalized spacial score (nSPS) is 11.7. The van der Waals surface area contributed by atoms with Crippen LogP contribution < -0.4 is 0 Å². The van der Waals surface area contributed by atoms with E-state index in [0.717, 1.165) is 9.86 Å². The van der Waals surface area contributed by atoms with E-state index in [9.17, 15) is 13.2 Å². The third-order valence-corrected chi connectivity index (χ3v) is 4.97. The van der Waals surface area contributed by atoms with Gasteiger partial charge in [0.15, 0.2) is 5.76 Å². The van der Waals surface area contributed by atoms with Crippen LogP contribution in [-0.4, -0.2) is 20.8 Å². The minimum absolute atomic E-state index is 0.0676. The quantitative estimate of drug-likeness (QED) is 0.456. The van der Waals surface area contributed by atoms with Gasteiger partial charge < -0.3 is 4.42 Å². The van der Waals surface area contributed by atoms with Crippen LogP contribution in [-0.2, 0) is 20.1 Å². The number of hydrogen-bond acceptors (Lipinski definition) is 5. The number of halogens is 1. The zero-order valence-electron chi connectivity index (χ0n) is 12.4. The van der Waals surface area contributed by atoms with Gasteiger partial charge in [0, 0.05) is 9.86 Å². The standard InChI is InChI=1S/C17H13BrO5S/c18-14-6-7-16-13(8-14)9-17(23-16)15(19)10-22-24(20,21)11-12-4-2-1-3-5-12/h1-9H,10-11H2. The van der Waals surface area contributed by atoms with Crippen LogP contribution in [0.2, 0.25) is 0 Å². The first kappa shape index (κ1) is 16.9. The number of hydrogen-bond donors (Lipinski definition) is 0. The molecule has 0 aliphatic carbocycles. The summed E-state index contributed by atoms with van der Waals surface area (Å²) in [7, 11) is -3.84. The van der Waals surface area contributed by atoms with Crippen molar-refractivity contribution in [3.8, 4) is 0 Å². The van der Waals surface area contributed by atoms with Crippen LogP contribution in [0, 0.1) is 0 Å². The first-order chi connectivity index (χ1) is 11.4. The van der Waals surface area contributed by atoms with Crippen LogP contribution in [0.4, 0.5) is 0 Å². The predicted molar refractivity (Wildman–Crippen MR) is 93.3 cm³/mol. The van der Waals surface area contributed by atoms with Crippen LogP contribution in [0.25, 0.3) is 11.0 Å². The van der Waals surface area contributed by atoms with Gasteiger partial charge in [0.1, 0.15) is 17.9 Å². The van der Waals surface area contributed by atoms with Crippen LogP contribution in [0.5, 0.6) is 0 Å². The van der Waals surface area contributed by atoms with Crippen LogP contribution in [0.1, 0.15) is 16.1 Å². The van der Waals surface area contributed by atoms with Gasteiger partial charge in [-0.05, 0) is 29.8 Å². The number of Topliss-reactive ketones (excluding diaryl/α,β-unsaturated/α-hetero) is 1. The molecule has 0 amide bonds. The van der Waals surface area contributed by atoms with Gasteiger partial charge in [0.25, 0.3) is 10.1 Å². The summed E-state index contributed by atoms with van der Waals surface area (Å²) in [6.07, 6.45) is 0. The van der Waals surface area contributed by atoms with Gasteiger partial charge in [-0.25, -0.2) is 0 Å². The van der Waals surface area contributed by atoms with Crippen LogP contribution in [0.3, 0.4) is 0 Å². The average Bonchev–Trinajstić information content (AvgIpc) is 2.96. The first-order valence-electron chi connectivity index (χ1n) is 7.06. The molecule has 0 aliphatic rings. The van der Waals surface area contributed by atoms with Crippen molar-refractivity contribution in [3.63, 3.8) is 0 Å². The Labute approximate surface area is 147 Å². The summed E-state index contributed by atoms with van der Waals surface area (Å²) in [6, 6.07) is 15.5. The minimum Gasteiger partial charge on any atom is -0.453 e. The fourth-order valence-corrected chi connectivity index (χ4v) is 3.54. The Balaban J connectivity index is 1.67. The molecule has 3 rings (SSSR count). The van der Waals surface area contributed by atoms with Crippen molar-refractivity contribution < 1.29 is 21.8 Å². The fourth-order valence-electron chi connectivity index (χ4n) is 2.19. The lowest BCUT2D eigenvalue weighted by atomic mass is 10.2. The molecule has 2 aromatic carbocycles. The minimum atomic E-state index is -3.84. The lowest BCUT2D eigenvalue weighted by molar-refractivity contribution is 0.0899. The molecule has 0 saturated heterocycles. The van der Waals surface area contributed by atoms with Crippen LogP contribution in [0.15, 0.2) is 63.5 Å². The van der Waals surface area contributed by atoms with E-state index >= 15 is 0 Å². The highest BCUT2D eigenvalue weighted by molar-refractivity contribution is 9.10. The highest BCUT2D eigenvalue weighted by Crippen LogP contribution is 2.23.